The highest BCUT2D eigenvalue weighted by atomic mass is 16.5. The molecule has 23 heavy (non-hydrogen) atoms. The average Bonchev–Trinajstić information content (AvgIpc) is 2.75. The van der Waals surface area contributed by atoms with Crippen molar-refractivity contribution in [2.45, 2.75) is 44.8 Å². The van der Waals surface area contributed by atoms with E-state index in [1.165, 1.54) is 5.56 Å². The maximum absolute atomic E-state index is 10.3. The third-order valence-corrected chi connectivity index (χ3v) is 5.34. The molecule has 124 valence electrons. The molecule has 0 spiro atoms. The van der Waals surface area contributed by atoms with E-state index >= 15 is 0 Å². The monoisotopic (exact) mass is 314 g/mol. The average molecular weight is 314 g/mol. The third-order valence-electron chi connectivity index (χ3n) is 5.34. The number of hydrogen-bond acceptors (Lipinski definition) is 4. The van der Waals surface area contributed by atoms with Gasteiger partial charge in [-0.3, -0.25) is 4.90 Å². The lowest BCUT2D eigenvalue weighted by molar-refractivity contribution is 0.0347. The quantitative estimate of drug-likeness (QED) is 0.928. The zero-order valence-electron chi connectivity index (χ0n) is 13.7. The zero-order valence-corrected chi connectivity index (χ0v) is 13.7. The van der Waals surface area contributed by atoms with Crippen LogP contribution in [0.25, 0.3) is 0 Å². The summed E-state index contributed by atoms with van der Waals surface area (Å²) in [6.45, 7) is 4.24. The van der Waals surface area contributed by atoms with Gasteiger partial charge in [-0.25, -0.2) is 0 Å². The molecule has 1 aromatic rings. The Labute approximate surface area is 138 Å². The highest BCUT2D eigenvalue weighted by Gasteiger charge is 2.32. The van der Waals surface area contributed by atoms with Gasteiger partial charge in [0.05, 0.1) is 17.6 Å². The van der Waals surface area contributed by atoms with Crippen LogP contribution in [0.4, 0.5) is 0 Å². The minimum Gasteiger partial charge on any atom is -0.388 e. The van der Waals surface area contributed by atoms with E-state index in [1.54, 1.807) is 0 Å². The fourth-order valence-electron chi connectivity index (χ4n) is 3.80. The number of aliphatic hydroxyl groups excluding tert-OH is 1. The summed E-state index contributed by atoms with van der Waals surface area (Å²) in [4.78, 5) is 2.42. The second-order valence-electron chi connectivity index (χ2n) is 6.89. The Bertz CT molecular complexity index is 561. The summed E-state index contributed by atoms with van der Waals surface area (Å²) in [6, 6.07) is 10.7. The van der Waals surface area contributed by atoms with Crippen LogP contribution in [0.15, 0.2) is 24.3 Å². The molecule has 2 heterocycles. The van der Waals surface area contributed by atoms with E-state index in [9.17, 15) is 10.4 Å². The Morgan fingerprint density at radius 1 is 1.30 bits per heavy atom. The molecule has 1 fully saturated rings. The summed E-state index contributed by atoms with van der Waals surface area (Å²) >= 11 is 0. The molecular weight excluding hydrogens is 288 g/mol. The van der Waals surface area contributed by atoms with E-state index in [4.69, 9.17) is 4.74 Å². The van der Waals surface area contributed by atoms with Gasteiger partial charge in [0.1, 0.15) is 0 Å². The summed E-state index contributed by atoms with van der Waals surface area (Å²) in [5, 5.41) is 19.8. The zero-order chi connectivity index (χ0) is 16.1. The van der Waals surface area contributed by atoms with Crippen molar-refractivity contribution in [2.75, 3.05) is 26.3 Å². The van der Waals surface area contributed by atoms with Gasteiger partial charge < -0.3 is 9.84 Å². The fourth-order valence-corrected chi connectivity index (χ4v) is 3.80. The largest absolute Gasteiger partial charge is 0.388 e. The summed E-state index contributed by atoms with van der Waals surface area (Å²) in [6.07, 6.45) is 4.15. The molecule has 1 aromatic carbocycles. The fraction of sp³-hybridized carbons (Fsp3) is 0.632. The molecule has 2 aliphatic heterocycles. The van der Waals surface area contributed by atoms with Gasteiger partial charge in [0, 0.05) is 26.3 Å². The first-order valence-electron chi connectivity index (χ1n) is 8.70. The van der Waals surface area contributed by atoms with Gasteiger partial charge in [-0.15, -0.1) is 0 Å². The van der Waals surface area contributed by atoms with Crippen LogP contribution >= 0.6 is 0 Å². The van der Waals surface area contributed by atoms with Gasteiger partial charge in [0.2, 0.25) is 0 Å². The lowest BCUT2D eigenvalue weighted by Crippen LogP contribution is -2.30. The van der Waals surface area contributed by atoms with Crippen LogP contribution in [0, 0.1) is 16.7 Å². The van der Waals surface area contributed by atoms with Crippen LogP contribution in [-0.2, 0) is 11.3 Å². The van der Waals surface area contributed by atoms with Crippen molar-refractivity contribution < 1.29 is 9.84 Å². The number of ether oxygens (including phenoxy) is 1. The predicted molar refractivity (Wildman–Crippen MR) is 88.6 cm³/mol. The number of aliphatic hydroxyl groups is 1. The van der Waals surface area contributed by atoms with Crippen molar-refractivity contribution in [1.29, 1.82) is 5.26 Å². The van der Waals surface area contributed by atoms with E-state index < -0.39 is 0 Å². The van der Waals surface area contributed by atoms with Crippen molar-refractivity contribution in [1.82, 2.24) is 4.90 Å². The van der Waals surface area contributed by atoms with Gasteiger partial charge in [0.25, 0.3) is 0 Å². The van der Waals surface area contributed by atoms with E-state index in [0.717, 1.165) is 70.5 Å². The van der Waals surface area contributed by atoms with Gasteiger partial charge in [0.15, 0.2) is 0 Å². The van der Waals surface area contributed by atoms with Crippen LogP contribution in [0.2, 0.25) is 0 Å². The van der Waals surface area contributed by atoms with E-state index in [-0.39, 0.29) is 11.5 Å². The highest BCUT2D eigenvalue weighted by Crippen LogP contribution is 2.35. The minimum absolute atomic E-state index is 0.179. The minimum atomic E-state index is -0.350. The predicted octanol–water partition coefficient (Wildman–Crippen LogP) is 3.03. The lowest BCUT2D eigenvalue weighted by atomic mass is 9.78. The van der Waals surface area contributed by atoms with E-state index in [0.29, 0.717) is 0 Å². The molecule has 1 N–H and O–H groups in total. The molecule has 0 aromatic heterocycles. The Kier molecular flexibility index (Phi) is 5.32. The smallest absolute Gasteiger partial charge is 0.0805 e. The van der Waals surface area contributed by atoms with Gasteiger partial charge in [-0.2, -0.15) is 5.26 Å². The first-order valence-corrected chi connectivity index (χ1v) is 8.70. The van der Waals surface area contributed by atoms with Crippen LogP contribution in [0.1, 0.15) is 49.3 Å². The number of nitrogens with zero attached hydrogens (tertiary/aromatic N) is 2. The summed E-state index contributed by atoms with van der Waals surface area (Å²) < 4.78 is 5.40. The Morgan fingerprint density at radius 2 is 2.09 bits per heavy atom. The highest BCUT2D eigenvalue weighted by molar-refractivity contribution is 5.29. The molecule has 3 rings (SSSR count). The maximum Gasteiger partial charge on any atom is 0.0805 e. The molecular formula is C19H26N2O2. The number of rotatable bonds is 4. The van der Waals surface area contributed by atoms with E-state index in [1.807, 2.05) is 18.2 Å². The van der Waals surface area contributed by atoms with Crippen LogP contribution in [0.5, 0.6) is 0 Å². The second kappa shape index (κ2) is 7.44. The third kappa shape index (κ3) is 3.92. The molecule has 4 heteroatoms. The van der Waals surface area contributed by atoms with Gasteiger partial charge in [-0.1, -0.05) is 24.3 Å². The van der Waals surface area contributed by atoms with Crippen LogP contribution < -0.4 is 0 Å². The molecule has 1 atom stereocenters. The molecule has 4 nitrogen and oxygen atoms in total. The van der Waals surface area contributed by atoms with Crippen molar-refractivity contribution in [3.8, 4) is 6.07 Å². The summed E-state index contributed by atoms with van der Waals surface area (Å²) in [5.74, 6) is 0. The molecule has 0 amide bonds. The van der Waals surface area contributed by atoms with E-state index in [2.05, 4.69) is 17.0 Å². The summed E-state index contributed by atoms with van der Waals surface area (Å²) in [7, 11) is 0. The standard InChI is InChI=1S/C19H26N2O2/c20-15-19(8-12-23-13-9-19)7-3-10-21-11-6-18(22)17-5-2-1-4-16(17)14-21/h1-2,4-5,18,22H,3,6-14H2. The van der Waals surface area contributed by atoms with Gasteiger partial charge in [-0.05, 0) is 49.8 Å². The normalized spacial score (nSPS) is 24.4. The summed E-state index contributed by atoms with van der Waals surface area (Å²) in [5.41, 5.74) is 2.13. The second-order valence-corrected chi connectivity index (χ2v) is 6.89. The number of nitriles is 1. The van der Waals surface area contributed by atoms with Crippen molar-refractivity contribution >= 4 is 0 Å². The number of benzene rings is 1. The first-order chi connectivity index (χ1) is 11.2. The maximum atomic E-state index is 10.3. The topological polar surface area (TPSA) is 56.5 Å². The number of hydrogen-bond donors (Lipinski definition) is 1. The Morgan fingerprint density at radius 3 is 2.87 bits per heavy atom. The van der Waals surface area contributed by atoms with Crippen molar-refractivity contribution in [3.63, 3.8) is 0 Å². The Hall–Kier alpha value is -1.41. The molecule has 0 aliphatic carbocycles. The molecule has 1 saturated heterocycles. The van der Waals surface area contributed by atoms with Crippen LogP contribution in [0.3, 0.4) is 0 Å². The molecule has 1 unspecified atom stereocenters. The lowest BCUT2D eigenvalue weighted by Gasteiger charge is -2.31. The molecule has 0 saturated carbocycles. The number of fused-ring (bicyclic) bond motifs is 1. The SMILES string of the molecule is N#CC1(CCCN2CCC(O)c3ccccc3C2)CCOCC1. The first kappa shape index (κ1) is 16.4. The van der Waals surface area contributed by atoms with Crippen LogP contribution in [-0.4, -0.2) is 36.3 Å². The molecule has 0 bridgehead atoms. The Balaban J connectivity index is 1.56. The molecule has 2 aliphatic rings. The molecule has 0 radical (unpaired) electrons. The van der Waals surface area contributed by atoms with Crippen molar-refractivity contribution in [3.05, 3.63) is 35.4 Å². The van der Waals surface area contributed by atoms with Crippen molar-refractivity contribution in [2.24, 2.45) is 5.41 Å². The van der Waals surface area contributed by atoms with Gasteiger partial charge >= 0.3 is 0 Å².